The van der Waals surface area contributed by atoms with Gasteiger partial charge in [0.2, 0.25) is 0 Å². The van der Waals surface area contributed by atoms with Crippen molar-refractivity contribution in [3.05, 3.63) is 36.2 Å². The van der Waals surface area contributed by atoms with Crippen LogP contribution in [0.25, 0.3) is 11.4 Å². The average Bonchev–Trinajstić information content (AvgIpc) is 3.11. The van der Waals surface area contributed by atoms with E-state index in [-0.39, 0.29) is 17.9 Å². The summed E-state index contributed by atoms with van der Waals surface area (Å²) in [6.07, 6.45) is 2.08. The Balaban J connectivity index is 1.72. The predicted molar refractivity (Wildman–Crippen MR) is 86.8 cm³/mol. The van der Waals surface area contributed by atoms with Gasteiger partial charge in [0.25, 0.3) is 0 Å². The van der Waals surface area contributed by atoms with Crippen molar-refractivity contribution in [3.8, 4) is 11.4 Å². The number of hydrogen-bond acceptors (Lipinski definition) is 5. The molecule has 0 saturated carbocycles. The lowest BCUT2D eigenvalue weighted by Gasteiger charge is -2.34. The number of nitrogens with one attached hydrogen (secondary N) is 1. The van der Waals surface area contributed by atoms with E-state index < -0.39 is 0 Å². The summed E-state index contributed by atoms with van der Waals surface area (Å²) in [5.74, 6) is 1.69. The number of aromatic nitrogens is 3. The van der Waals surface area contributed by atoms with Gasteiger partial charge in [-0.1, -0.05) is 30.3 Å². The van der Waals surface area contributed by atoms with Gasteiger partial charge >= 0.3 is 5.97 Å². The maximum absolute atomic E-state index is 11.7. The van der Waals surface area contributed by atoms with Crippen molar-refractivity contribution < 1.29 is 9.53 Å². The summed E-state index contributed by atoms with van der Waals surface area (Å²) in [5, 5.41) is 7.41. The second kappa shape index (κ2) is 6.91. The van der Waals surface area contributed by atoms with Gasteiger partial charge in [0, 0.05) is 18.0 Å². The molecule has 1 aromatic carbocycles. The number of ether oxygens (including phenoxy) is 1. The van der Waals surface area contributed by atoms with Gasteiger partial charge in [0.1, 0.15) is 11.9 Å². The van der Waals surface area contributed by atoms with E-state index in [1.807, 2.05) is 37.3 Å². The third kappa shape index (κ3) is 3.42. The molecule has 122 valence electrons. The number of benzene rings is 1. The Morgan fingerprint density at radius 2 is 2.17 bits per heavy atom. The van der Waals surface area contributed by atoms with E-state index >= 15 is 0 Å². The Bertz CT molecular complexity index is 656. The lowest BCUT2D eigenvalue weighted by Crippen LogP contribution is -2.45. The lowest BCUT2D eigenvalue weighted by atomic mass is 9.96. The zero-order valence-corrected chi connectivity index (χ0v) is 13.5. The number of aromatic amines is 1. The van der Waals surface area contributed by atoms with Crippen molar-refractivity contribution in [2.45, 2.75) is 31.7 Å². The minimum Gasteiger partial charge on any atom is -0.468 e. The van der Waals surface area contributed by atoms with Crippen LogP contribution in [0.1, 0.15) is 31.5 Å². The van der Waals surface area contributed by atoms with Gasteiger partial charge in [-0.15, -0.1) is 0 Å². The maximum Gasteiger partial charge on any atom is 0.322 e. The molecule has 3 rings (SSSR count). The van der Waals surface area contributed by atoms with Crippen molar-refractivity contribution in [3.63, 3.8) is 0 Å². The van der Waals surface area contributed by atoms with Crippen LogP contribution in [0.3, 0.4) is 0 Å². The summed E-state index contributed by atoms with van der Waals surface area (Å²) in [6, 6.07) is 9.71. The number of methoxy groups -OCH3 is 1. The Morgan fingerprint density at radius 3 is 2.91 bits per heavy atom. The van der Waals surface area contributed by atoms with Crippen molar-refractivity contribution in [1.29, 1.82) is 0 Å². The molecule has 0 radical (unpaired) electrons. The number of H-pyrrole nitrogens is 1. The van der Waals surface area contributed by atoms with Crippen molar-refractivity contribution in [1.82, 2.24) is 20.1 Å². The van der Waals surface area contributed by atoms with Crippen LogP contribution in [0, 0.1) is 0 Å². The van der Waals surface area contributed by atoms with E-state index in [1.54, 1.807) is 0 Å². The molecule has 6 heteroatoms. The van der Waals surface area contributed by atoms with Gasteiger partial charge in [-0.3, -0.25) is 14.8 Å². The molecule has 6 nitrogen and oxygen atoms in total. The molecule has 1 saturated heterocycles. The first-order chi connectivity index (χ1) is 11.2. The summed E-state index contributed by atoms with van der Waals surface area (Å²) >= 11 is 0. The first-order valence-corrected chi connectivity index (χ1v) is 7.98. The minimum atomic E-state index is -0.223. The summed E-state index contributed by atoms with van der Waals surface area (Å²) in [6.45, 7) is 3.59. The highest BCUT2D eigenvalue weighted by atomic mass is 16.5. The molecule has 1 fully saturated rings. The van der Waals surface area contributed by atoms with Crippen molar-refractivity contribution in [2.75, 3.05) is 20.2 Å². The van der Waals surface area contributed by atoms with Crippen LogP contribution in [0.4, 0.5) is 0 Å². The van der Waals surface area contributed by atoms with Gasteiger partial charge in [-0.25, -0.2) is 4.98 Å². The fourth-order valence-electron chi connectivity index (χ4n) is 3.07. The second-order valence-electron chi connectivity index (χ2n) is 5.94. The first kappa shape index (κ1) is 15.7. The van der Waals surface area contributed by atoms with Crippen LogP contribution in [0.15, 0.2) is 30.3 Å². The molecule has 0 bridgehead atoms. The van der Waals surface area contributed by atoms with Crippen molar-refractivity contribution >= 4 is 5.97 Å². The first-order valence-electron chi connectivity index (χ1n) is 7.98. The minimum absolute atomic E-state index is 0.187. The number of carbonyl (C=O) groups excluding carboxylic acids is 1. The summed E-state index contributed by atoms with van der Waals surface area (Å²) in [4.78, 5) is 18.6. The molecule has 1 aromatic heterocycles. The van der Waals surface area contributed by atoms with Crippen LogP contribution in [-0.2, 0) is 9.53 Å². The van der Waals surface area contributed by atoms with Crippen molar-refractivity contribution in [2.24, 2.45) is 0 Å². The molecule has 2 aromatic rings. The second-order valence-corrected chi connectivity index (χ2v) is 5.94. The van der Waals surface area contributed by atoms with Gasteiger partial charge in [-0.2, -0.15) is 5.10 Å². The monoisotopic (exact) mass is 314 g/mol. The van der Waals surface area contributed by atoms with Crippen LogP contribution in [-0.4, -0.2) is 52.3 Å². The van der Waals surface area contributed by atoms with E-state index in [9.17, 15) is 4.79 Å². The number of rotatable bonds is 4. The SMILES string of the molecule is COC(=O)[C@@H](C)N1CCC[C@H](c2nc(-c3ccccc3)n[nH]2)C1. The molecule has 2 atom stereocenters. The number of hydrogen-bond donors (Lipinski definition) is 1. The summed E-state index contributed by atoms with van der Waals surface area (Å²) in [7, 11) is 1.43. The molecule has 1 aliphatic heterocycles. The zero-order chi connectivity index (χ0) is 16.2. The molecule has 0 spiro atoms. The molecule has 2 heterocycles. The highest BCUT2D eigenvalue weighted by Crippen LogP contribution is 2.27. The lowest BCUT2D eigenvalue weighted by molar-refractivity contribution is -0.146. The quantitative estimate of drug-likeness (QED) is 0.876. The number of likely N-dealkylation sites (tertiary alicyclic amines) is 1. The van der Waals surface area contributed by atoms with E-state index in [4.69, 9.17) is 4.74 Å². The Kier molecular flexibility index (Phi) is 4.71. The Morgan fingerprint density at radius 1 is 1.39 bits per heavy atom. The zero-order valence-electron chi connectivity index (χ0n) is 13.5. The molecule has 0 unspecified atom stereocenters. The largest absolute Gasteiger partial charge is 0.468 e. The third-order valence-electron chi connectivity index (χ3n) is 4.46. The Hall–Kier alpha value is -2.21. The molecule has 1 N–H and O–H groups in total. The average molecular weight is 314 g/mol. The highest BCUT2D eigenvalue weighted by molar-refractivity contribution is 5.75. The van der Waals surface area contributed by atoms with E-state index in [1.165, 1.54) is 7.11 Å². The van der Waals surface area contributed by atoms with Crippen LogP contribution in [0.5, 0.6) is 0 Å². The van der Waals surface area contributed by atoms with Gasteiger partial charge < -0.3 is 4.74 Å². The standard InChI is InChI=1S/C17H22N4O2/c1-12(17(22)23-2)21-10-6-9-14(11-21)16-18-15(19-20-16)13-7-4-3-5-8-13/h3-5,7-8,12,14H,6,9-11H2,1-2H3,(H,18,19,20)/t12-,14+/m1/s1. The van der Waals surface area contributed by atoms with Crippen LogP contribution < -0.4 is 0 Å². The number of carbonyl (C=O) groups is 1. The smallest absolute Gasteiger partial charge is 0.322 e. The molecule has 1 aliphatic rings. The molecular formula is C17H22N4O2. The predicted octanol–water partition coefficient (Wildman–Crippen LogP) is 2.21. The Labute approximate surface area is 135 Å². The topological polar surface area (TPSA) is 71.1 Å². The third-order valence-corrected chi connectivity index (χ3v) is 4.46. The van der Waals surface area contributed by atoms with E-state index in [0.717, 1.165) is 43.1 Å². The van der Waals surface area contributed by atoms with Gasteiger partial charge in [0.15, 0.2) is 5.82 Å². The van der Waals surface area contributed by atoms with Gasteiger partial charge in [0.05, 0.1) is 7.11 Å². The maximum atomic E-state index is 11.7. The van der Waals surface area contributed by atoms with Gasteiger partial charge in [-0.05, 0) is 26.3 Å². The molecule has 0 aliphatic carbocycles. The number of nitrogens with zero attached hydrogens (tertiary/aromatic N) is 3. The number of esters is 1. The van der Waals surface area contributed by atoms with E-state index in [2.05, 4.69) is 20.1 Å². The molecule has 23 heavy (non-hydrogen) atoms. The molecule has 0 amide bonds. The van der Waals surface area contributed by atoms with Crippen LogP contribution in [0.2, 0.25) is 0 Å². The fraction of sp³-hybridized carbons (Fsp3) is 0.471. The summed E-state index contributed by atoms with van der Waals surface area (Å²) < 4.78 is 4.85. The normalized spacial score (nSPS) is 20.2. The fourth-order valence-corrected chi connectivity index (χ4v) is 3.07. The molecular weight excluding hydrogens is 292 g/mol. The highest BCUT2D eigenvalue weighted by Gasteiger charge is 2.30. The summed E-state index contributed by atoms with van der Waals surface area (Å²) in [5.41, 5.74) is 1.01. The van der Waals surface area contributed by atoms with Crippen LogP contribution >= 0.6 is 0 Å². The van der Waals surface area contributed by atoms with E-state index in [0.29, 0.717) is 0 Å². The number of piperidine rings is 1.